The maximum Gasteiger partial charge on any atom is 0.495 e. The first kappa shape index (κ1) is 22.6. The summed E-state index contributed by atoms with van der Waals surface area (Å²) in [5.41, 5.74) is 1.50. The van der Waals surface area contributed by atoms with Crippen LogP contribution in [-0.2, 0) is 9.31 Å². The van der Waals surface area contributed by atoms with Crippen LogP contribution in [0.4, 0.5) is 8.78 Å². The molecule has 1 saturated heterocycles. The van der Waals surface area contributed by atoms with Crippen molar-refractivity contribution in [1.29, 1.82) is 0 Å². The standard InChI is InChI=1S/C32H25BF2O2/c1-31(2)32(3,4)37-33(36-31)28-14-13-26-25-12-11-21(18-15-19(34)17-20(35)16-18)22-7-5-8-23(29(22)25)24-9-6-10-27(28)30(24)26/h5-17H,1-4H3. The predicted octanol–water partition coefficient (Wildman–Crippen LogP) is 7.98. The Labute approximate surface area is 214 Å². The SMILES string of the molecule is CC1(C)OB(c2ccc3c4ccc(-c5cc(F)cc(F)c5)c5cccc(c6cccc2c63)c54)OC1(C)C. The second-order valence-corrected chi connectivity index (χ2v) is 11.1. The maximum absolute atomic E-state index is 14.1. The van der Waals surface area contributed by atoms with Crippen LogP contribution in [0.15, 0.2) is 78.9 Å². The lowest BCUT2D eigenvalue weighted by atomic mass is 9.74. The Hall–Kier alpha value is -3.54. The molecule has 2 nitrogen and oxygen atoms in total. The molecule has 0 spiro atoms. The fourth-order valence-electron chi connectivity index (χ4n) is 5.87. The van der Waals surface area contributed by atoms with Crippen LogP contribution in [0.5, 0.6) is 0 Å². The number of hydrogen-bond donors (Lipinski definition) is 0. The van der Waals surface area contributed by atoms with Crippen molar-refractivity contribution < 1.29 is 18.1 Å². The smallest absolute Gasteiger partial charge is 0.399 e. The number of hydrogen-bond acceptors (Lipinski definition) is 2. The van der Waals surface area contributed by atoms with E-state index in [2.05, 4.69) is 70.2 Å². The van der Waals surface area contributed by atoms with Gasteiger partial charge in [0, 0.05) is 6.07 Å². The molecule has 1 heterocycles. The van der Waals surface area contributed by atoms with Gasteiger partial charge in [0.15, 0.2) is 0 Å². The molecular formula is C32H25BF2O2. The fraction of sp³-hybridized carbons (Fsp3) is 0.188. The van der Waals surface area contributed by atoms with E-state index in [9.17, 15) is 8.78 Å². The lowest BCUT2D eigenvalue weighted by Gasteiger charge is -2.32. The lowest BCUT2D eigenvalue weighted by molar-refractivity contribution is 0.00578. The molecule has 0 saturated carbocycles. The van der Waals surface area contributed by atoms with E-state index in [4.69, 9.17) is 9.31 Å². The van der Waals surface area contributed by atoms with Gasteiger partial charge in [0.05, 0.1) is 11.2 Å². The van der Waals surface area contributed by atoms with Gasteiger partial charge in [-0.1, -0.05) is 60.7 Å². The van der Waals surface area contributed by atoms with Crippen molar-refractivity contribution in [3.63, 3.8) is 0 Å². The van der Waals surface area contributed by atoms with E-state index >= 15 is 0 Å². The molecule has 1 fully saturated rings. The van der Waals surface area contributed by atoms with Gasteiger partial charge in [0.2, 0.25) is 0 Å². The summed E-state index contributed by atoms with van der Waals surface area (Å²) in [5.74, 6) is -1.17. The van der Waals surface area contributed by atoms with Gasteiger partial charge in [-0.25, -0.2) is 8.78 Å². The van der Waals surface area contributed by atoms with Crippen LogP contribution in [0.25, 0.3) is 54.2 Å². The van der Waals surface area contributed by atoms with E-state index in [0.29, 0.717) is 5.56 Å². The van der Waals surface area contributed by atoms with Gasteiger partial charge in [0.25, 0.3) is 0 Å². The Morgan fingerprint density at radius 2 is 1.05 bits per heavy atom. The third-order valence-electron chi connectivity index (χ3n) is 8.38. The molecule has 0 aliphatic carbocycles. The average molecular weight is 490 g/mol. The van der Waals surface area contributed by atoms with Gasteiger partial charge in [-0.15, -0.1) is 0 Å². The summed E-state index contributed by atoms with van der Waals surface area (Å²) in [5, 5.41) is 8.81. The molecule has 0 N–H and O–H groups in total. The molecule has 37 heavy (non-hydrogen) atoms. The fourth-order valence-corrected chi connectivity index (χ4v) is 5.87. The van der Waals surface area contributed by atoms with Crippen molar-refractivity contribution in [2.75, 3.05) is 0 Å². The highest BCUT2D eigenvalue weighted by Gasteiger charge is 2.52. The first-order valence-electron chi connectivity index (χ1n) is 12.6. The number of benzene rings is 6. The van der Waals surface area contributed by atoms with Crippen LogP contribution in [-0.4, -0.2) is 18.3 Å². The molecule has 0 amide bonds. The van der Waals surface area contributed by atoms with E-state index in [0.717, 1.165) is 54.8 Å². The summed E-state index contributed by atoms with van der Waals surface area (Å²) in [7, 11) is -0.461. The highest BCUT2D eigenvalue weighted by Crippen LogP contribution is 2.44. The van der Waals surface area contributed by atoms with E-state index in [1.54, 1.807) is 0 Å². The second-order valence-electron chi connectivity index (χ2n) is 11.1. The zero-order valence-corrected chi connectivity index (χ0v) is 21.2. The summed E-state index contributed by atoms with van der Waals surface area (Å²) in [6.45, 7) is 8.27. The molecule has 0 aromatic heterocycles. The van der Waals surface area contributed by atoms with E-state index in [1.165, 1.54) is 17.5 Å². The zero-order valence-electron chi connectivity index (χ0n) is 21.2. The Balaban J connectivity index is 1.54. The molecule has 6 aromatic rings. The monoisotopic (exact) mass is 490 g/mol. The summed E-state index contributed by atoms with van der Waals surface area (Å²) in [4.78, 5) is 0. The van der Waals surface area contributed by atoms with E-state index < -0.39 is 30.0 Å². The second kappa shape index (κ2) is 7.50. The highest BCUT2D eigenvalue weighted by atomic mass is 19.1. The largest absolute Gasteiger partial charge is 0.495 e. The van der Waals surface area contributed by atoms with Crippen LogP contribution in [0.3, 0.4) is 0 Å². The molecule has 0 radical (unpaired) electrons. The van der Waals surface area contributed by atoms with Crippen molar-refractivity contribution in [3.8, 4) is 11.1 Å². The van der Waals surface area contributed by atoms with Gasteiger partial charge in [-0.2, -0.15) is 0 Å². The first-order valence-corrected chi connectivity index (χ1v) is 12.6. The topological polar surface area (TPSA) is 18.5 Å². The third-order valence-corrected chi connectivity index (χ3v) is 8.38. The van der Waals surface area contributed by atoms with Gasteiger partial charge in [-0.05, 0) is 99.5 Å². The van der Waals surface area contributed by atoms with E-state index in [1.807, 2.05) is 18.2 Å². The molecule has 0 bridgehead atoms. The minimum absolute atomic E-state index is 0.428. The van der Waals surface area contributed by atoms with E-state index in [-0.39, 0.29) is 0 Å². The quantitative estimate of drug-likeness (QED) is 0.139. The Bertz CT molecular complexity index is 1820. The van der Waals surface area contributed by atoms with Crippen molar-refractivity contribution in [1.82, 2.24) is 0 Å². The number of fused-ring (bicyclic) bond motifs is 2. The summed E-state index contributed by atoms with van der Waals surface area (Å²) >= 11 is 0. The van der Waals surface area contributed by atoms with Crippen LogP contribution in [0.1, 0.15) is 27.7 Å². The number of rotatable bonds is 2. The van der Waals surface area contributed by atoms with Gasteiger partial charge in [-0.3, -0.25) is 0 Å². The van der Waals surface area contributed by atoms with Crippen molar-refractivity contribution in [2.24, 2.45) is 0 Å². The summed E-state index contributed by atoms with van der Waals surface area (Å²) < 4.78 is 41.0. The van der Waals surface area contributed by atoms with Crippen LogP contribution in [0, 0.1) is 11.6 Å². The zero-order chi connectivity index (χ0) is 25.7. The van der Waals surface area contributed by atoms with Gasteiger partial charge < -0.3 is 9.31 Å². The normalized spacial score (nSPS) is 17.1. The van der Waals surface area contributed by atoms with Gasteiger partial charge >= 0.3 is 7.12 Å². The number of halogens is 2. The van der Waals surface area contributed by atoms with Crippen molar-refractivity contribution in [3.05, 3.63) is 90.5 Å². The van der Waals surface area contributed by atoms with Crippen LogP contribution >= 0.6 is 0 Å². The highest BCUT2D eigenvalue weighted by molar-refractivity contribution is 6.66. The molecule has 0 atom stereocenters. The Morgan fingerprint density at radius 1 is 0.568 bits per heavy atom. The van der Waals surface area contributed by atoms with Gasteiger partial charge in [0.1, 0.15) is 11.6 Å². The molecule has 182 valence electrons. The summed E-state index contributed by atoms with van der Waals surface area (Å²) in [6, 6.07) is 24.5. The third kappa shape index (κ3) is 3.17. The predicted molar refractivity (Wildman–Crippen MR) is 149 cm³/mol. The molecular weight excluding hydrogens is 465 g/mol. The Kier molecular flexibility index (Phi) is 4.59. The van der Waals surface area contributed by atoms with Crippen molar-refractivity contribution in [2.45, 2.75) is 38.9 Å². The summed E-state index contributed by atoms with van der Waals surface area (Å²) in [6.07, 6.45) is 0. The molecule has 7 rings (SSSR count). The molecule has 1 aliphatic rings. The molecule has 0 unspecified atom stereocenters. The molecule has 1 aliphatic heterocycles. The lowest BCUT2D eigenvalue weighted by Crippen LogP contribution is -2.41. The van der Waals surface area contributed by atoms with Crippen LogP contribution < -0.4 is 5.46 Å². The van der Waals surface area contributed by atoms with Crippen molar-refractivity contribution >= 4 is 55.7 Å². The average Bonchev–Trinajstić information content (AvgIpc) is 3.07. The minimum atomic E-state index is -0.583. The molecule has 5 heteroatoms. The maximum atomic E-state index is 14.1. The molecule has 6 aromatic carbocycles. The Morgan fingerprint density at radius 3 is 1.68 bits per heavy atom. The first-order chi connectivity index (χ1) is 17.6. The minimum Gasteiger partial charge on any atom is -0.399 e. The van der Waals surface area contributed by atoms with Crippen LogP contribution in [0.2, 0.25) is 0 Å².